The highest BCUT2D eigenvalue weighted by molar-refractivity contribution is 4.92. The second kappa shape index (κ2) is 6.61. The Morgan fingerprint density at radius 3 is 2.25 bits per heavy atom. The van der Waals surface area contributed by atoms with Crippen molar-refractivity contribution >= 4 is 0 Å². The molecule has 0 aromatic carbocycles. The monoisotopic (exact) mass is 226 g/mol. The highest BCUT2D eigenvalue weighted by atomic mass is 15.2. The van der Waals surface area contributed by atoms with Crippen molar-refractivity contribution in [2.24, 2.45) is 5.73 Å². The maximum Gasteiger partial charge on any atom is 0.0328 e. The number of nitrogens with two attached hydrogens (primary N) is 1. The fourth-order valence-corrected chi connectivity index (χ4v) is 3.31. The molecule has 0 heterocycles. The molecule has 2 N–H and O–H groups in total. The molecule has 0 bridgehead atoms. The van der Waals surface area contributed by atoms with Gasteiger partial charge in [0, 0.05) is 18.1 Å². The topological polar surface area (TPSA) is 29.3 Å². The predicted molar refractivity (Wildman–Crippen MR) is 71.6 cm³/mol. The fraction of sp³-hybridized carbons (Fsp3) is 1.00. The Labute approximate surface area is 102 Å². The number of nitrogens with zero attached hydrogens (tertiary/aromatic N) is 1. The first-order valence-electron chi connectivity index (χ1n) is 7.13. The van der Waals surface area contributed by atoms with Crippen LogP contribution in [-0.2, 0) is 0 Å². The Morgan fingerprint density at radius 1 is 1.19 bits per heavy atom. The molecule has 2 nitrogen and oxygen atoms in total. The Hall–Kier alpha value is -0.0800. The van der Waals surface area contributed by atoms with E-state index in [0.29, 0.717) is 0 Å². The molecule has 1 fully saturated rings. The summed E-state index contributed by atoms with van der Waals surface area (Å²) in [7, 11) is 2.31. The van der Waals surface area contributed by atoms with Crippen LogP contribution in [0.2, 0.25) is 0 Å². The van der Waals surface area contributed by atoms with Crippen molar-refractivity contribution in [3.63, 3.8) is 0 Å². The lowest BCUT2D eigenvalue weighted by Gasteiger charge is -2.46. The fourth-order valence-electron chi connectivity index (χ4n) is 3.31. The normalized spacial score (nSPS) is 22.3. The van der Waals surface area contributed by atoms with E-state index in [-0.39, 0.29) is 5.54 Å². The molecule has 0 aromatic heterocycles. The van der Waals surface area contributed by atoms with Crippen LogP contribution in [0, 0.1) is 0 Å². The average Bonchev–Trinajstić information content (AvgIpc) is 2.36. The van der Waals surface area contributed by atoms with E-state index in [2.05, 4.69) is 25.8 Å². The SMILES string of the molecule is CCCC(CC)(CN)N(C)C1CCCCC1. The lowest BCUT2D eigenvalue weighted by molar-refractivity contribution is 0.0465. The summed E-state index contributed by atoms with van der Waals surface area (Å²) in [6, 6.07) is 0.781. The third-order valence-electron chi connectivity index (χ3n) is 4.62. The first-order valence-corrected chi connectivity index (χ1v) is 7.13. The van der Waals surface area contributed by atoms with Crippen LogP contribution >= 0.6 is 0 Å². The molecule has 0 spiro atoms. The number of likely N-dealkylation sites (N-methyl/N-ethyl adjacent to an activating group) is 1. The molecular weight excluding hydrogens is 196 g/mol. The van der Waals surface area contributed by atoms with Gasteiger partial charge < -0.3 is 5.73 Å². The summed E-state index contributed by atoms with van der Waals surface area (Å²) < 4.78 is 0. The second-order valence-electron chi connectivity index (χ2n) is 5.43. The maximum atomic E-state index is 6.07. The maximum absolute atomic E-state index is 6.07. The zero-order chi connectivity index (χ0) is 12.0. The van der Waals surface area contributed by atoms with Crippen LogP contribution in [0.5, 0.6) is 0 Å². The molecule has 1 atom stereocenters. The van der Waals surface area contributed by atoms with Crippen LogP contribution in [0.3, 0.4) is 0 Å². The van der Waals surface area contributed by atoms with Gasteiger partial charge in [-0.1, -0.05) is 39.5 Å². The summed E-state index contributed by atoms with van der Waals surface area (Å²) >= 11 is 0. The van der Waals surface area contributed by atoms with Crippen LogP contribution in [-0.4, -0.2) is 30.1 Å². The van der Waals surface area contributed by atoms with E-state index in [1.54, 1.807) is 0 Å². The summed E-state index contributed by atoms with van der Waals surface area (Å²) in [6.45, 7) is 5.38. The van der Waals surface area contributed by atoms with Crippen molar-refractivity contribution in [2.75, 3.05) is 13.6 Å². The van der Waals surface area contributed by atoms with Gasteiger partial charge >= 0.3 is 0 Å². The van der Waals surface area contributed by atoms with Crippen LogP contribution < -0.4 is 5.73 Å². The summed E-state index contributed by atoms with van der Waals surface area (Å²) in [5, 5.41) is 0. The largest absolute Gasteiger partial charge is 0.329 e. The van der Waals surface area contributed by atoms with E-state index < -0.39 is 0 Å². The van der Waals surface area contributed by atoms with E-state index in [0.717, 1.165) is 12.6 Å². The highest BCUT2D eigenvalue weighted by Crippen LogP contribution is 2.31. The van der Waals surface area contributed by atoms with Gasteiger partial charge in [-0.2, -0.15) is 0 Å². The zero-order valence-electron chi connectivity index (χ0n) is 11.5. The van der Waals surface area contributed by atoms with Gasteiger partial charge in [0.1, 0.15) is 0 Å². The van der Waals surface area contributed by atoms with E-state index in [1.165, 1.54) is 51.4 Å². The van der Waals surface area contributed by atoms with Crippen molar-refractivity contribution in [3.8, 4) is 0 Å². The molecule has 0 saturated heterocycles. The number of rotatable bonds is 6. The summed E-state index contributed by atoms with van der Waals surface area (Å²) in [4.78, 5) is 2.62. The van der Waals surface area contributed by atoms with Gasteiger partial charge in [-0.15, -0.1) is 0 Å². The molecule has 1 aliphatic carbocycles. The molecule has 0 aromatic rings. The minimum atomic E-state index is 0.261. The molecule has 1 rings (SSSR count). The summed E-state index contributed by atoms with van der Waals surface area (Å²) in [6.07, 6.45) is 10.7. The van der Waals surface area contributed by atoms with Gasteiger partial charge in [0.05, 0.1) is 0 Å². The number of hydrogen-bond acceptors (Lipinski definition) is 2. The minimum Gasteiger partial charge on any atom is -0.329 e. The van der Waals surface area contributed by atoms with Gasteiger partial charge in [-0.05, 0) is 32.7 Å². The van der Waals surface area contributed by atoms with Crippen molar-refractivity contribution in [3.05, 3.63) is 0 Å². The average molecular weight is 226 g/mol. The van der Waals surface area contributed by atoms with Crippen LogP contribution in [0.4, 0.5) is 0 Å². The Kier molecular flexibility index (Phi) is 5.77. The van der Waals surface area contributed by atoms with Gasteiger partial charge in [0.25, 0.3) is 0 Å². The quantitative estimate of drug-likeness (QED) is 0.754. The molecule has 1 aliphatic rings. The van der Waals surface area contributed by atoms with E-state index in [4.69, 9.17) is 5.73 Å². The second-order valence-corrected chi connectivity index (χ2v) is 5.43. The third-order valence-corrected chi connectivity index (χ3v) is 4.62. The lowest BCUT2D eigenvalue weighted by atomic mass is 9.84. The molecule has 16 heavy (non-hydrogen) atoms. The predicted octanol–water partition coefficient (Wildman–Crippen LogP) is 3.16. The van der Waals surface area contributed by atoms with Crippen LogP contribution in [0.15, 0.2) is 0 Å². The molecular formula is C14H30N2. The molecule has 0 amide bonds. The minimum absolute atomic E-state index is 0.261. The third kappa shape index (κ3) is 2.98. The van der Waals surface area contributed by atoms with Crippen LogP contribution in [0.1, 0.15) is 65.2 Å². The lowest BCUT2D eigenvalue weighted by Crippen LogP contribution is -2.56. The Balaban J connectivity index is 2.67. The van der Waals surface area contributed by atoms with Crippen molar-refractivity contribution in [1.82, 2.24) is 4.90 Å². The van der Waals surface area contributed by atoms with Crippen molar-refractivity contribution in [2.45, 2.75) is 76.8 Å². The molecule has 0 aliphatic heterocycles. The van der Waals surface area contributed by atoms with E-state index in [9.17, 15) is 0 Å². The van der Waals surface area contributed by atoms with Gasteiger partial charge in [-0.3, -0.25) is 4.90 Å². The van der Waals surface area contributed by atoms with Crippen molar-refractivity contribution < 1.29 is 0 Å². The highest BCUT2D eigenvalue weighted by Gasteiger charge is 2.34. The number of hydrogen-bond donors (Lipinski definition) is 1. The first-order chi connectivity index (χ1) is 7.70. The molecule has 96 valence electrons. The Morgan fingerprint density at radius 2 is 1.81 bits per heavy atom. The Bertz CT molecular complexity index is 181. The molecule has 1 saturated carbocycles. The van der Waals surface area contributed by atoms with E-state index >= 15 is 0 Å². The molecule has 0 radical (unpaired) electrons. The van der Waals surface area contributed by atoms with Gasteiger partial charge in [0.15, 0.2) is 0 Å². The standard InChI is InChI=1S/C14H30N2/c1-4-11-14(5-2,12-15)16(3)13-9-7-6-8-10-13/h13H,4-12,15H2,1-3H3. The summed E-state index contributed by atoms with van der Waals surface area (Å²) in [5.41, 5.74) is 6.33. The van der Waals surface area contributed by atoms with Gasteiger partial charge in [-0.25, -0.2) is 0 Å². The molecule has 2 heteroatoms. The smallest absolute Gasteiger partial charge is 0.0328 e. The molecule has 1 unspecified atom stereocenters. The zero-order valence-corrected chi connectivity index (χ0v) is 11.5. The van der Waals surface area contributed by atoms with Crippen LogP contribution in [0.25, 0.3) is 0 Å². The van der Waals surface area contributed by atoms with Crippen molar-refractivity contribution in [1.29, 1.82) is 0 Å². The van der Waals surface area contributed by atoms with Gasteiger partial charge in [0.2, 0.25) is 0 Å². The van der Waals surface area contributed by atoms with E-state index in [1.807, 2.05) is 0 Å². The first kappa shape index (κ1) is 14.0. The summed E-state index contributed by atoms with van der Waals surface area (Å²) in [5.74, 6) is 0.